The van der Waals surface area contributed by atoms with Gasteiger partial charge in [-0.2, -0.15) is 0 Å². The number of ether oxygens (including phenoxy) is 1. The van der Waals surface area contributed by atoms with Crippen LogP contribution in [-0.2, 0) is 4.74 Å². The minimum atomic E-state index is 0.544. The molecule has 0 aromatic heterocycles. The zero-order valence-electron chi connectivity index (χ0n) is 11.6. The van der Waals surface area contributed by atoms with Crippen LogP contribution in [0.3, 0.4) is 0 Å². The van der Waals surface area contributed by atoms with Crippen LogP contribution in [0.15, 0.2) is 0 Å². The minimum absolute atomic E-state index is 0.544. The second-order valence-electron chi connectivity index (χ2n) is 5.85. The molecule has 1 aliphatic heterocycles. The lowest BCUT2D eigenvalue weighted by atomic mass is 9.71. The number of nitrogens with zero attached hydrogens (tertiary/aromatic N) is 1. The lowest BCUT2D eigenvalue weighted by molar-refractivity contribution is 0.0743. The maximum absolute atomic E-state index is 5.14. The zero-order valence-corrected chi connectivity index (χ0v) is 11.6. The van der Waals surface area contributed by atoms with Crippen molar-refractivity contribution in [3.8, 4) is 0 Å². The Bertz CT molecular complexity index is 183. The Morgan fingerprint density at radius 3 is 2.38 bits per heavy atom. The van der Waals surface area contributed by atoms with Crippen LogP contribution in [0.5, 0.6) is 0 Å². The van der Waals surface area contributed by atoms with E-state index in [0.717, 1.165) is 19.1 Å². The Labute approximate surface area is 101 Å². The van der Waals surface area contributed by atoms with Gasteiger partial charge < -0.3 is 9.64 Å². The van der Waals surface area contributed by atoms with Crippen molar-refractivity contribution < 1.29 is 4.74 Å². The summed E-state index contributed by atoms with van der Waals surface area (Å²) < 4.78 is 5.14. The molecule has 0 spiro atoms. The van der Waals surface area contributed by atoms with E-state index in [2.05, 4.69) is 25.7 Å². The number of likely N-dealkylation sites (tertiary alicyclic amines) is 1. The van der Waals surface area contributed by atoms with E-state index in [0.29, 0.717) is 5.41 Å². The van der Waals surface area contributed by atoms with Crippen molar-refractivity contribution >= 4 is 0 Å². The largest absolute Gasteiger partial charge is 0.383 e. The fourth-order valence-corrected chi connectivity index (χ4v) is 3.01. The van der Waals surface area contributed by atoms with E-state index in [1.165, 1.54) is 38.8 Å². The van der Waals surface area contributed by atoms with Gasteiger partial charge in [0.2, 0.25) is 0 Å². The molecule has 0 amide bonds. The highest BCUT2D eigenvalue weighted by Gasteiger charge is 2.31. The van der Waals surface area contributed by atoms with Crippen LogP contribution in [0.1, 0.15) is 46.5 Å². The SMILES string of the molecule is CCCC(C)(C)C1CCN(CCOC)CC1. The van der Waals surface area contributed by atoms with Gasteiger partial charge in [-0.15, -0.1) is 0 Å². The zero-order chi connectivity index (χ0) is 12.0. The van der Waals surface area contributed by atoms with Crippen molar-refractivity contribution in [3.63, 3.8) is 0 Å². The number of hydrogen-bond acceptors (Lipinski definition) is 2. The first-order chi connectivity index (χ1) is 7.60. The van der Waals surface area contributed by atoms with Gasteiger partial charge in [0.05, 0.1) is 6.61 Å². The fraction of sp³-hybridized carbons (Fsp3) is 1.00. The lowest BCUT2D eigenvalue weighted by Crippen LogP contribution is -2.40. The predicted octanol–water partition coefficient (Wildman–Crippen LogP) is 3.17. The summed E-state index contributed by atoms with van der Waals surface area (Å²) in [5, 5.41) is 0. The topological polar surface area (TPSA) is 12.5 Å². The van der Waals surface area contributed by atoms with Gasteiger partial charge in [0.25, 0.3) is 0 Å². The molecule has 2 nitrogen and oxygen atoms in total. The van der Waals surface area contributed by atoms with Crippen LogP contribution >= 0.6 is 0 Å². The third-order valence-electron chi connectivity index (χ3n) is 4.20. The smallest absolute Gasteiger partial charge is 0.0589 e. The first-order valence-corrected chi connectivity index (χ1v) is 6.81. The average Bonchev–Trinajstić information content (AvgIpc) is 2.27. The van der Waals surface area contributed by atoms with Gasteiger partial charge in [-0.05, 0) is 43.7 Å². The molecule has 0 radical (unpaired) electrons. The lowest BCUT2D eigenvalue weighted by Gasteiger charge is -2.40. The number of methoxy groups -OCH3 is 1. The number of hydrogen-bond donors (Lipinski definition) is 0. The van der Waals surface area contributed by atoms with Gasteiger partial charge in [-0.25, -0.2) is 0 Å². The van der Waals surface area contributed by atoms with Gasteiger partial charge in [-0.3, -0.25) is 0 Å². The van der Waals surface area contributed by atoms with E-state index in [-0.39, 0.29) is 0 Å². The first-order valence-electron chi connectivity index (χ1n) is 6.81. The molecule has 1 fully saturated rings. The second-order valence-corrected chi connectivity index (χ2v) is 5.85. The van der Waals surface area contributed by atoms with E-state index in [4.69, 9.17) is 4.74 Å². The molecule has 0 N–H and O–H groups in total. The molecule has 0 aromatic carbocycles. The summed E-state index contributed by atoms with van der Waals surface area (Å²) in [6.07, 6.45) is 5.43. The molecule has 1 rings (SSSR count). The molecule has 16 heavy (non-hydrogen) atoms. The molecular formula is C14H29NO. The molecule has 0 atom stereocenters. The van der Waals surface area contributed by atoms with Gasteiger partial charge >= 0.3 is 0 Å². The van der Waals surface area contributed by atoms with Crippen molar-refractivity contribution in [1.29, 1.82) is 0 Å². The van der Waals surface area contributed by atoms with Crippen molar-refractivity contribution in [2.45, 2.75) is 46.5 Å². The summed E-state index contributed by atoms with van der Waals surface area (Å²) in [4.78, 5) is 2.54. The third kappa shape index (κ3) is 4.06. The van der Waals surface area contributed by atoms with Gasteiger partial charge in [0, 0.05) is 13.7 Å². The molecule has 0 bridgehead atoms. The normalized spacial score (nSPS) is 20.2. The highest BCUT2D eigenvalue weighted by molar-refractivity contribution is 4.83. The molecule has 1 saturated heterocycles. The van der Waals surface area contributed by atoms with E-state index in [1.807, 2.05) is 0 Å². The van der Waals surface area contributed by atoms with Crippen molar-refractivity contribution in [2.75, 3.05) is 33.4 Å². The maximum atomic E-state index is 5.14. The van der Waals surface area contributed by atoms with Crippen LogP contribution in [0.4, 0.5) is 0 Å². The summed E-state index contributed by atoms with van der Waals surface area (Å²) in [7, 11) is 1.79. The first kappa shape index (κ1) is 14.0. The molecule has 96 valence electrons. The highest BCUT2D eigenvalue weighted by atomic mass is 16.5. The van der Waals surface area contributed by atoms with E-state index in [9.17, 15) is 0 Å². The van der Waals surface area contributed by atoms with Crippen molar-refractivity contribution in [3.05, 3.63) is 0 Å². The Balaban J connectivity index is 2.30. The minimum Gasteiger partial charge on any atom is -0.383 e. The fourth-order valence-electron chi connectivity index (χ4n) is 3.01. The van der Waals surface area contributed by atoms with Gasteiger partial charge in [0.1, 0.15) is 0 Å². The van der Waals surface area contributed by atoms with Crippen molar-refractivity contribution in [2.24, 2.45) is 11.3 Å². The maximum Gasteiger partial charge on any atom is 0.0589 e. The van der Waals surface area contributed by atoms with E-state index >= 15 is 0 Å². The molecule has 0 aromatic rings. The quantitative estimate of drug-likeness (QED) is 0.691. The monoisotopic (exact) mass is 227 g/mol. The Hall–Kier alpha value is -0.0800. The number of piperidine rings is 1. The van der Waals surface area contributed by atoms with Crippen LogP contribution in [0.25, 0.3) is 0 Å². The van der Waals surface area contributed by atoms with Crippen LogP contribution in [-0.4, -0.2) is 38.3 Å². The molecule has 0 unspecified atom stereocenters. The Kier molecular flexibility index (Phi) is 5.77. The Morgan fingerprint density at radius 1 is 1.25 bits per heavy atom. The third-order valence-corrected chi connectivity index (χ3v) is 4.20. The van der Waals surface area contributed by atoms with Crippen molar-refractivity contribution in [1.82, 2.24) is 4.90 Å². The molecule has 1 aliphatic rings. The standard InChI is InChI=1S/C14H29NO/c1-5-8-14(2,3)13-6-9-15(10-7-13)11-12-16-4/h13H,5-12H2,1-4H3. The Morgan fingerprint density at radius 2 is 1.88 bits per heavy atom. The summed E-state index contributed by atoms with van der Waals surface area (Å²) >= 11 is 0. The summed E-state index contributed by atoms with van der Waals surface area (Å²) in [6, 6.07) is 0. The number of rotatable bonds is 6. The van der Waals surface area contributed by atoms with E-state index < -0.39 is 0 Å². The molecular weight excluding hydrogens is 198 g/mol. The predicted molar refractivity (Wildman–Crippen MR) is 69.7 cm³/mol. The van der Waals surface area contributed by atoms with Crippen LogP contribution in [0.2, 0.25) is 0 Å². The van der Waals surface area contributed by atoms with Gasteiger partial charge in [0.15, 0.2) is 0 Å². The van der Waals surface area contributed by atoms with Crippen LogP contribution < -0.4 is 0 Å². The summed E-state index contributed by atoms with van der Waals surface area (Å²) in [6.45, 7) is 11.7. The molecule has 0 saturated carbocycles. The highest BCUT2D eigenvalue weighted by Crippen LogP contribution is 2.38. The van der Waals surface area contributed by atoms with Crippen LogP contribution in [0, 0.1) is 11.3 Å². The van der Waals surface area contributed by atoms with E-state index in [1.54, 1.807) is 7.11 Å². The summed E-state index contributed by atoms with van der Waals surface area (Å²) in [5.74, 6) is 0.922. The molecule has 2 heteroatoms. The molecule has 1 heterocycles. The van der Waals surface area contributed by atoms with Gasteiger partial charge in [-0.1, -0.05) is 27.2 Å². The average molecular weight is 227 g/mol. The molecule has 0 aliphatic carbocycles. The second kappa shape index (κ2) is 6.61. The summed E-state index contributed by atoms with van der Waals surface area (Å²) in [5.41, 5.74) is 0.544.